The summed E-state index contributed by atoms with van der Waals surface area (Å²) < 4.78 is 31.4. The van der Waals surface area contributed by atoms with Crippen molar-refractivity contribution in [2.24, 2.45) is 7.05 Å². The summed E-state index contributed by atoms with van der Waals surface area (Å²) in [6.07, 6.45) is 1.17. The van der Waals surface area contributed by atoms with Crippen LogP contribution in [-0.4, -0.2) is 50.5 Å². The van der Waals surface area contributed by atoms with Crippen LogP contribution in [0.3, 0.4) is 0 Å². The lowest BCUT2D eigenvalue weighted by Gasteiger charge is -2.29. The molecule has 1 N–H and O–H groups in total. The van der Waals surface area contributed by atoms with Crippen molar-refractivity contribution in [1.82, 2.24) is 9.55 Å². The van der Waals surface area contributed by atoms with E-state index >= 15 is 0 Å². The molecular weight excluding hydrogens is 452 g/mol. The second kappa shape index (κ2) is 8.73. The zero-order chi connectivity index (χ0) is 23.0. The Labute approximate surface area is 191 Å². The molecule has 0 aliphatic carbocycles. The minimum absolute atomic E-state index is 0.191. The zero-order valence-electron chi connectivity index (χ0n) is 18.1. The molecule has 1 atom stereocenters. The number of rotatable bonds is 5. The number of aromatic nitrogens is 2. The highest BCUT2D eigenvalue weighted by Gasteiger charge is 2.22. The fraction of sp³-hybridized carbons (Fsp3) is 0.364. The van der Waals surface area contributed by atoms with Gasteiger partial charge in [-0.25, -0.2) is 13.4 Å². The van der Waals surface area contributed by atoms with Crippen molar-refractivity contribution < 1.29 is 13.2 Å². The Morgan fingerprint density at radius 3 is 2.56 bits per heavy atom. The highest BCUT2D eigenvalue weighted by Crippen LogP contribution is 2.31. The number of ether oxygens (including phenoxy) is 1. The molecule has 4 rings (SSSR count). The van der Waals surface area contributed by atoms with Crippen molar-refractivity contribution in [2.75, 3.05) is 42.8 Å². The van der Waals surface area contributed by atoms with Crippen LogP contribution in [0.1, 0.15) is 18.5 Å². The van der Waals surface area contributed by atoms with E-state index in [-0.39, 0.29) is 16.5 Å². The van der Waals surface area contributed by atoms with Crippen LogP contribution in [0.15, 0.2) is 46.1 Å². The molecule has 1 aromatic heterocycles. The number of halogens is 1. The average Bonchev–Trinajstić information content (AvgIpc) is 2.76. The summed E-state index contributed by atoms with van der Waals surface area (Å²) in [5.74, 6) is 0.568. The van der Waals surface area contributed by atoms with Crippen LogP contribution < -0.4 is 15.8 Å². The standard InChI is InChI=1S/C22H25ClN4O4S/c1-14(24-18-6-4-5-7-19(18)32(3,29)30)16-12-15(23)13-17-20(16)25-22(26(2)21(17)28)27-8-10-31-11-9-27/h4-7,12-14,24H,8-11H2,1-3H3/t14-/m1/s1. The van der Waals surface area contributed by atoms with Crippen molar-refractivity contribution >= 4 is 44.0 Å². The second-order valence-corrected chi connectivity index (χ2v) is 10.3. The topological polar surface area (TPSA) is 93.5 Å². The molecule has 32 heavy (non-hydrogen) atoms. The third-order valence-electron chi connectivity index (χ3n) is 5.57. The number of fused-ring (bicyclic) bond motifs is 1. The minimum Gasteiger partial charge on any atom is -0.378 e. The Hall–Kier alpha value is -2.62. The summed E-state index contributed by atoms with van der Waals surface area (Å²) in [5, 5.41) is 4.09. The van der Waals surface area contributed by atoms with Gasteiger partial charge >= 0.3 is 0 Å². The molecule has 0 saturated carbocycles. The average molecular weight is 477 g/mol. The molecule has 1 aliphatic rings. The van der Waals surface area contributed by atoms with Gasteiger partial charge in [0.2, 0.25) is 5.95 Å². The Morgan fingerprint density at radius 1 is 1.19 bits per heavy atom. The number of nitrogens with one attached hydrogen (secondary N) is 1. The Bertz CT molecular complexity index is 1330. The number of para-hydroxylation sites is 1. The summed E-state index contributed by atoms with van der Waals surface area (Å²) in [7, 11) is -1.72. The number of nitrogens with zero attached hydrogens (tertiary/aromatic N) is 3. The zero-order valence-corrected chi connectivity index (χ0v) is 19.7. The molecule has 1 saturated heterocycles. The van der Waals surface area contributed by atoms with Gasteiger partial charge in [0, 0.05) is 37.0 Å². The molecule has 1 fully saturated rings. The van der Waals surface area contributed by atoms with Crippen molar-refractivity contribution in [3.05, 3.63) is 57.3 Å². The quantitative estimate of drug-likeness (QED) is 0.605. The van der Waals surface area contributed by atoms with Crippen molar-refractivity contribution in [2.45, 2.75) is 17.9 Å². The van der Waals surface area contributed by atoms with Gasteiger partial charge in [0.25, 0.3) is 5.56 Å². The third-order valence-corrected chi connectivity index (χ3v) is 6.94. The van der Waals surface area contributed by atoms with E-state index in [4.69, 9.17) is 21.3 Å². The predicted molar refractivity (Wildman–Crippen MR) is 127 cm³/mol. The van der Waals surface area contributed by atoms with E-state index in [2.05, 4.69) is 5.32 Å². The van der Waals surface area contributed by atoms with E-state index < -0.39 is 9.84 Å². The number of morpholine rings is 1. The van der Waals surface area contributed by atoms with Crippen LogP contribution in [0.5, 0.6) is 0 Å². The number of hydrogen-bond donors (Lipinski definition) is 1. The van der Waals surface area contributed by atoms with E-state index in [1.807, 2.05) is 11.8 Å². The fourth-order valence-corrected chi connectivity index (χ4v) is 5.03. The molecule has 1 aliphatic heterocycles. The lowest BCUT2D eigenvalue weighted by Crippen LogP contribution is -2.40. The van der Waals surface area contributed by atoms with Crippen LogP contribution >= 0.6 is 11.6 Å². The first-order valence-corrected chi connectivity index (χ1v) is 12.5. The highest BCUT2D eigenvalue weighted by atomic mass is 35.5. The lowest BCUT2D eigenvalue weighted by molar-refractivity contribution is 0.121. The maximum atomic E-state index is 13.2. The molecule has 2 heterocycles. The van der Waals surface area contributed by atoms with E-state index in [0.717, 1.165) is 0 Å². The molecule has 8 nitrogen and oxygen atoms in total. The molecule has 0 unspecified atom stereocenters. The predicted octanol–water partition coefficient (Wildman–Crippen LogP) is 3.00. The van der Waals surface area contributed by atoms with Crippen molar-refractivity contribution in [3.63, 3.8) is 0 Å². The highest BCUT2D eigenvalue weighted by molar-refractivity contribution is 7.90. The van der Waals surface area contributed by atoms with Crippen LogP contribution in [0, 0.1) is 0 Å². The van der Waals surface area contributed by atoms with Crippen LogP contribution in [0.4, 0.5) is 11.6 Å². The van der Waals surface area contributed by atoms with E-state index in [1.54, 1.807) is 43.4 Å². The first-order chi connectivity index (χ1) is 15.2. The van der Waals surface area contributed by atoms with Gasteiger partial charge in [-0.15, -0.1) is 0 Å². The summed E-state index contributed by atoms with van der Waals surface area (Å²) in [6, 6.07) is 9.74. The van der Waals surface area contributed by atoms with Gasteiger partial charge in [0.15, 0.2) is 9.84 Å². The molecular formula is C22H25ClN4O4S. The molecule has 10 heteroatoms. The van der Waals surface area contributed by atoms with E-state index in [0.29, 0.717) is 59.4 Å². The molecule has 0 bridgehead atoms. The van der Waals surface area contributed by atoms with E-state index in [1.165, 1.54) is 10.8 Å². The van der Waals surface area contributed by atoms with Gasteiger partial charge < -0.3 is 15.0 Å². The van der Waals surface area contributed by atoms with Gasteiger partial charge in [0.1, 0.15) is 0 Å². The second-order valence-electron chi connectivity index (χ2n) is 7.90. The Balaban J connectivity index is 1.84. The summed E-state index contributed by atoms with van der Waals surface area (Å²) >= 11 is 6.36. The van der Waals surface area contributed by atoms with Crippen LogP contribution in [0.2, 0.25) is 5.02 Å². The number of benzene rings is 2. The Kier molecular flexibility index (Phi) is 6.15. The fourth-order valence-electron chi connectivity index (χ4n) is 3.95. The summed E-state index contributed by atoms with van der Waals surface area (Å²) in [6.45, 7) is 4.31. The van der Waals surface area contributed by atoms with Gasteiger partial charge in [-0.1, -0.05) is 23.7 Å². The van der Waals surface area contributed by atoms with Gasteiger partial charge in [-0.3, -0.25) is 9.36 Å². The van der Waals surface area contributed by atoms with Crippen molar-refractivity contribution in [1.29, 1.82) is 0 Å². The molecule has 0 amide bonds. The molecule has 170 valence electrons. The van der Waals surface area contributed by atoms with E-state index in [9.17, 15) is 13.2 Å². The molecule has 0 spiro atoms. The molecule has 0 radical (unpaired) electrons. The summed E-state index contributed by atoms with van der Waals surface area (Å²) in [4.78, 5) is 20.3. The van der Waals surface area contributed by atoms with Gasteiger partial charge in [-0.2, -0.15) is 0 Å². The summed E-state index contributed by atoms with van der Waals surface area (Å²) in [5.41, 5.74) is 1.54. The normalized spacial score (nSPS) is 15.7. The van der Waals surface area contributed by atoms with Gasteiger partial charge in [-0.05, 0) is 31.2 Å². The molecule has 2 aromatic carbocycles. The minimum atomic E-state index is -3.42. The maximum Gasteiger partial charge on any atom is 0.262 e. The number of sulfone groups is 1. The largest absolute Gasteiger partial charge is 0.378 e. The van der Waals surface area contributed by atoms with Crippen LogP contribution in [0.25, 0.3) is 10.9 Å². The monoisotopic (exact) mass is 476 g/mol. The first kappa shape index (κ1) is 22.6. The Morgan fingerprint density at radius 2 is 1.88 bits per heavy atom. The number of hydrogen-bond acceptors (Lipinski definition) is 7. The lowest BCUT2D eigenvalue weighted by atomic mass is 10.0. The molecule has 3 aromatic rings. The maximum absolute atomic E-state index is 13.2. The van der Waals surface area contributed by atoms with Crippen molar-refractivity contribution in [3.8, 4) is 0 Å². The smallest absolute Gasteiger partial charge is 0.262 e. The third kappa shape index (κ3) is 4.32. The van der Waals surface area contributed by atoms with Gasteiger partial charge in [0.05, 0.1) is 40.7 Å². The first-order valence-electron chi connectivity index (χ1n) is 10.3. The van der Waals surface area contributed by atoms with Crippen LogP contribution in [-0.2, 0) is 21.6 Å². The SMILES string of the molecule is C[C@@H](Nc1ccccc1S(C)(=O)=O)c1cc(Cl)cc2c(=O)n(C)c(N3CCOCC3)nc12. The number of anilines is 2.